The SMILES string of the molecule is CC(O)CN(C)C(=O)CCS(=O)(=O)N1CCOCC1. The third kappa shape index (κ3) is 5.43. The Morgan fingerprint density at radius 3 is 2.53 bits per heavy atom. The summed E-state index contributed by atoms with van der Waals surface area (Å²) in [5, 5.41) is 9.17. The summed E-state index contributed by atoms with van der Waals surface area (Å²) in [7, 11) is -1.85. The molecule has 112 valence electrons. The van der Waals surface area contributed by atoms with E-state index in [2.05, 4.69) is 0 Å². The number of aliphatic hydroxyl groups excluding tert-OH is 1. The Balaban J connectivity index is 2.44. The van der Waals surface area contributed by atoms with Gasteiger partial charge in [0.2, 0.25) is 15.9 Å². The highest BCUT2D eigenvalue weighted by Crippen LogP contribution is 2.07. The monoisotopic (exact) mass is 294 g/mol. The van der Waals surface area contributed by atoms with Crippen LogP contribution in [0.1, 0.15) is 13.3 Å². The molecule has 1 saturated heterocycles. The molecule has 8 heteroatoms. The van der Waals surface area contributed by atoms with Crippen LogP contribution in [-0.4, -0.2) is 80.4 Å². The van der Waals surface area contributed by atoms with Crippen molar-refractivity contribution in [2.24, 2.45) is 0 Å². The number of morpholine rings is 1. The van der Waals surface area contributed by atoms with Gasteiger partial charge in [-0.1, -0.05) is 0 Å². The summed E-state index contributed by atoms with van der Waals surface area (Å²) in [6.45, 7) is 3.27. The first-order chi connectivity index (χ1) is 8.83. The maximum absolute atomic E-state index is 12.0. The van der Waals surface area contributed by atoms with E-state index in [0.29, 0.717) is 26.3 Å². The molecule has 1 atom stereocenters. The molecule has 0 radical (unpaired) electrons. The zero-order chi connectivity index (χ0) is 14.5. The number of hydrogen-bond donors (Lipinski definition) is 1. The molecule has 1 aliphatic heterocycles. The molecular formula is C11H22N2O5S. The summed E-state index contributed by atoms with van der Waals surface area (Å²) in [6.07, 6.45) is -0.687. The number of aliphatic hydroxyl groups is 1. The molecule has 0 aromatic carbocycles. The Morgan fingerprint density at radius 2 is 2.00 bits per heavy atom. The Kier molecular flexibility index (Phi) is 6.18. The van der Waals surface area contributed by atoms with Crippen molar-refractivity contribution in [3.8, 4) is 0 Å². The highest BCUT2D eigenvalue weighted by atomic mass is 32.2. The van der Waals surface area contributed by atoms with Crippen molar-refractivity contribution >= 4 is 15.9 Å². The van der Waals surface area contributed by atoms with E-state index < -0.39 is 16.1 Å². The van der Waals surface area contributed by atoms with Gasteiger partial charge >= 0.3 is 0 Å². The zero-order valence-electron chi connectivity index (χ0n) is 11.4. The van der Waals surface area contributed by atoms with Crippen LogP contribution in [0.4, 0.5) is 0 Å². The van der Waals surface area contributed by atoms with Crippen molar-refractivity contribution in [1.82, 2.24) is 9.21 Å². The molecule has 0 spiro atoms. The number of carbonyl (C=O) groups excluding carboxylic acids is 1. The first kappa shape index (κ1) is 16.4. The Labute approximate surface area is 114 Å². The summed E-state index contributed by atoms with van der Waals surface area (Å²) in [6, 6.07) is 0. The molecule has 0 aromatic rings. The molecule has 19 heavy (non-hydrogen) atoms. The number of ether oxygens (including phenoxy) is 1. The first-order valence-corrected chi connectivity index (χ1v) is 7.91. The number of amides is 1. The standard InChI is InChI=1S/C11H22N2O5S/c1-10(14)9-12(2)11(15)3-8-19(16,17)13-4-6-18-7-5-13/h10,14H,3-9H2,1-2H3. The van der Waals surface area contributed by atoms with E-state index in [1.165, 1.54) is 9.21 Å². The molecule has 0 aliphatic carbocycles. The minimum atomic E-state index is -3.40. The lowest BCUT2D eigenvalue weighted by Gasteiger charge is -2.26. The van der Waals surface area contributed by atoms with Crippen molar-refractivity contribution in [2.75, 3.05) is 45.6 Å². The topological polar surface area (TPSA) is 87.2 Å². The summed E-state index contributed by atoms with van der Waals surface area (Å²) in [4.78, 5) is 13.1. The number of hydrogen-bond acceptors (Lipinski definition) is 5. The van der Waals surface area contributed by atoms with Gasteiger partial charge < -0.3 is 14.7 Å². The van der Waals surface area contributed by atoms with Crippen molar-refractivity contribution in [1.29, 1.82) is 0 Å². The highest BCUT2D eigenvalue weighted by Gasteiger charge is 2.25. The molecule has 1 heterocycles. The van der Waals surface area contributed by atoms with Gasteiger partial charge in [-0.3, -0.25) is 4.79 Å². The fraction of sp³-hybridized carbons (Fsp3) is 0.909. The average molecular weight is 294 g/mol. The normalized spacial score (nSPS) is 19.1. The summed E-state index contributed by atoms with van der Waals surface area (Å²) in [5.74, 6) is -0.478. The quantitative estimate of drug-likeness (QED) is 0.670. The molecule has 1 unspecified atom stereocenters. The Bertz CT molecular complexity index is 390. The van der Waals surface area contributed by atoms with Gasteiger partial charge in [0.25, 0.3) is 0 Å². The predicted octanol–water partition coefficient (Wildman–Crippen LogP) is -1.12. The number of likely N-dealkylation sites (N-methyl/N-ethyl adjacent to an activating group) is 1. The Hall–Kier alpha value is -0.700. The Morgan fingerprint density at radius 1 is 1.42 bits per heavy atom. The molecule has 1 aliphatic rings. The van der Waals surface area contributed by atoms with Gasteiger partial charge in [0.05, 0.1) is 25.1 Å². The molecule has 0 bridgehead atoms. The number of rotatable bonds is 6. The summed E-state index contributed by atoms with van der Waals surface area (Å²) >= 11 is 0. The summed E-state index contributed by atoms with van der Waals surface area (Å²) < 4.78 is 30.4. The van der Waals surface area contributed by atoms with Gasteiger partial charge in [-0.2, -0.15) is 4.31 Å². The minimum absolute atomic E-state index is 0.0666. The van der Waals surface area contributed by atoms with E-state index in [9.17, 15) is 13.2 Å². The van der Waals surface area contributed by atoms with Gasteiger partial charge in [-0.05, 0) is 6.92 Å². The molecule has 0 aromatic heterocycles. The second-order valence-electron chi connectivity index (χ2n) is 4.70. The van der Waals surface area contributed by atoms with E-state index in [1.807, 2.05) is 0 Å². The number of carbonyl (C=O) groups is 1. The zero-order valence-corrected chi connectivity index (χ0v) is 12.2. The van der Waals surface area contributed by atoms with Crippen molar-refractivity contribution in [3.63, 3.8) is 0 Å². The third-order valence-corrected chi connectivity index (χ3v) is 4.77. The lowest BCUT2D eigenvalue weighted by molar-refractivity contribution is -0.130. The predicted molar refractivity (Wildman–Crippen MR) is 70.1 cm³/mol. The van der Waals surface area contributed by atoms with E-state index in [-0.39, 0.29) is 24.6 Å². The molecule has 1 amide bonds. The average Bonchev–Trinajstić information content (AvgIpc) is 2.36. The van der Waals surface area contributed by atoms with Gasteiger partial charge in [-0.25, -0.2) is 8.42 Å². The maximum atomic E-state index is 12.0. The van der Waals surface area contributed by atoms with Crippen LogP contribution in [0.2, 0.25) is 0 Å². The molecular weight excluding hydrogens is 272 g/mol. The fourth-order valence-electron chi connectivity index (χ4n) is 1.86. The third-order valence-electron chi connectivity index (χ3n) is 2.90. The lowest BCUT2D eigenvalue weighted by atomic mass is 10.3. The van der Waals surface area contributed by atoms with Gasteiger partial charge in [-0.15, -0.1) is 0 Å². The second kappa shape index (κ2) is 7.18. The van der Waals surface area contributed by atoms with Crippen molar-refractivity contribution < 1.29 is 23.1 Å². The molecule has 1 N–H and O–H groups in total. The van der Waals surface area contributed by atoms with Crippen LogP contribution in [0.15, 0.2) is 0 Å². The lowest BCUT2D eigenvalue weighted by Crippen LogP contribution is -2.42. The van der Waals surface area contributed by atoms with Crippen LogP contribution in [-0.2, 0) is 19.6 Å². The van der Waals surface area contributed by atoms with E-state index in [0.717, 1.165) is 0 Å². The molecule has 1 rings (SSSR count). The van der Waals surface area contributed by atoms with Crippen LogP contribution >= 0.6 is 0 Å². The highest BCUT2D eigenvalue weighted by molar-refractivity contribution is 7.89. The van der Waals surface area contributed by atoms with E-state index in [1.54, 1.807) is 14.0 Å². The molecule has 0 saturated carbocycles. The van der Waals surface area contributed by atoms with Crippen molar-refractivity contribution in [2.45, 2.75) is 19.4 Å². The second-order valence-corrected chi connectivity index (χ2v) is 6.79. The maximum Gasteiger partial charge on any atom is 0.223 e. The van der Waals surface area contributed by atoms with Crippen molar-refractivity contribution in [3.05, 3.63) is 0 Å². The summed E-state index contributed by atoms with van der Waals surface area (Å²) in [5.41, 5.74) is 0. The van der Waals surface area contributed by atoms with Crippen LogP contribution < -0.4 is 0 Å². The van der Waals surface area contributed by atoms with Crippen LogP contribution in [0.5, 0.6) is 0 Å². The van der Waals surface area contributed by atoms with Crippen LogP contribution in [0.25, 0.3) is 0 Å². The van der Waals surface area contributed by atoms with Crippen LogP contribution in [0, 0.1) is 0 Å². The minimum Gasteiger partial charge on any atom is -0.392 e. The van der Waals surface area contributed by atoms with Crippen LogP contribution in [0.3, 0.4) is 0 Å². The first-order valence-electron chi connectivity index (χ1n) is 6.30. The van der Waals surface area contributed by atoms with E-state index >= 15 is 0 Å². The number of sulfonamides is 1. The van der Waals surface area contributed by atoms with Gasteiger partial charge in [0, 0.05) is 33.1 Å². The molecule has 7 nitrogen and oxygen atoms in total. The van der Waals surface area contributed by atoms with E-state index in [4.69, 9.17) is 9.84 Å². The van der Waals surface area contributed by atoms with Gasteiger partial charge in [0.15, 0.2) is 0 Å². The fourth-order valence-corrected chi connectivity index (χ4v) is 3.26. The molecule has 1 fully saturated rings. The number of nitrogens with zero attached hydrogens (tertiary/aromatic N) is 2. The smallest absolute Gasteiger partial charge is 0.223 e. The largest absolute Gasteiger partial charge is 0.392 e. The van der Waals surface area contributed by atoms with Gasteiger partial charge in [0.1, 0.15) is 0 Å².